The fourth-order valence-corrected chi connectivity index (χ4v) is 3.11. The third-order valence-corrected chi connectivity index (χ3v) is 4.71. The van der Waals surface area contributed by atoms with Crippen molar-refractivity contribution >= 4 is 33.6 Å². The number of hydrogen-bond donors (Lipinski definition) is 1. The van der Waals surface area contributed by atoms with Crippen LogP contribution >= 0.6 is 15.9 Å². The molecule has 0 saturated heterocycles. The van der Waals surface area contributed by atoms with Crippen LogP contribution in [0.3, 0.4) is 0 Å². The summed E-state index contributed by atoms with van der Waals surface area (Å²) in [6, 6.07) is 20.6. The van der Waals surface area contributed by atoms with Crippen LogP contribution in [0.25, 0.3) is 6.08 Å². The number of carbonyl (C=O) groups is 1. The molecule has 0 atom stereocenters. The van der Waals surface area contributed by atoms with E-state index in [0.717, 1.165) is 15.6 Å². The minimum absolute atomic E-state index is 0.0544. The standard InChI is InChI=1S/C24H18BrFN2O2/c1-16-3-2-4-22(11-16)28-24(29)19(14-27)12-18-13-20(25)7-10-23(18)30-15-17-5-8-21(26)9-6-17/h2-13H,15H2,1H3,(H,28,29)/b19-12+. The van der Waals surface area contributed by atoms with Crippen molar-refractivity contribution in [3.63, 3.8) is 0 Å². The molecule has 4 nitrogen and oxygen atoms in total. The van der Waals surface area contributed by atoms with Gasteiger partial charge in [0.05, 0.1) is 0 Å². The normalized spacial score (nSPS) is 10.9. The molecule has 0 fully saturated rings. The minimum atomic E-state index is -0.507. The second kappa shape index (κ2) is 9.86. The zero-order chi connectivity index (χ0) is 21.5. The molecule has 150 valence electrons. The average molecular weight is 465 g/mol. The molecule has 3 aromatic carbocycles. The van der Waals surface area contributed by atoms with E-state index in [1.807, 2.05) is 31.2 Å². The minimum Gasteiger partial charge on any atom is -0.488 e. The van der Waals surface area contributed by atoms with Gasteiger partial charge in [-0.1, -0.05) is 40.2 Å². The molecule has 1 amide bonds. The largest absolute Gasteiger partial charge is 0.488 e. The van der Waals surface area contributed by atoms with Gasteiger partial charge in [0.15, 0.2) is 0 Å². The third kappa shape index (κ3) is 5.79. The van der Waals surface area contributed by atoms with Crippen molar-refractivity contribution in [1.29, 1.82) is 5.26 Å². The number of amides is 1. The molecule has 30 heavy (non-hydrogen) atoms. The fourth-order valence-electron chi connectivity index (χ4n) is 2.73. The van der Waals surface area contributed by atoms with E-state index in [0.29, 0.717) is 17.0 Å². The monoisotopic (exact) mass is 464 g/mol. The Bertz CT molecular complexity index is 1130. The number of carbonyl (C=O) groups excluding carboxylic acids is 1. The van der Waals surface area contributed by atoms with E-state index in [1.54, 1.807) is 36.4 Å². The maximum absolute atomic E-state index is 13.1. The summed E-state index contributed by atoms with van der Waals surface area (Å²) in [5, 5.41) is 12.3. The van der Waals surface area contributed by atoms with Gasteiger partial charge in [-0.05, 0) is 66.6 Å². The maximum Gasteiger partial charge on any atom is 0.266 e. The number of halogens is 2. The highest BCUT2D eigenvalue weighted by Crippen LogP contribution is 2.27. The van der Waals surface area contributed by atoms with Gasteiger partial charge in [-0.25, -0.2) is 4.39 Å². The van der Waals surface area contributed by atoms with Crippen molar-refractivity contribution < 1.29 is 13.9 Å². The summed E-state index contributed by atoms with van der Waals surface area (Å²) in [4.78, 5) is 12.6. The first-order valence-corrected chi connectivity index (χ1v) is 9.90. The van der Waals surface area contributed by atoms with E-state index < -0.39 is 5.91 Å². The summed E-state index contributed by atoms with van der Waals surface area (Å²) in [7, 11) is 0. The Kier molecular flexibility index (Phi) is 6.99. The summed E-state index contributed by atoms with van der Waals surface area (Å²) in [6.45, 7) is 2.14. The van der Waals surface area contributed by atoms with Gasteiger partial charge in [0, 0.05) is 15.7 Å². The molecule has 0 aliphatic heterocycles. The molecular weight excluding hydrogens is 447 g/mol. The molecule has 0 unspecified atom stereocenters. The average Bonchev–Trinajstić information content (AvgIpc) is 2.72. The molecule has 6 heteroatoms. The number of ether oxygens (including phenoxy) is 1. The van der Waals surface area contributed by atoms with Crippen LogP contribution in [0, 0.1) is 24.1 Å². The van der Waals surface area contributed by atoms with Crippen LogP contribution < -0.4 is 10.1 Å². The number of nitrogens with zero attached hydrogens (tertiary/aromatic N) is 1. The number of anilines is 1. The molecular formula is C24H18BrFN2O2. The summed E-state index contributed by atoms with van der Waals surface area (Å²) in [5.74, 6) is -0.324. The van der Waals surface area contributed by atoms with Gasteiger partial charge in [-0.2, -0.15) is 5.26 Å². The number of aryl methyl sites for hydroxylation is 1. The Hall–Kier alpha value is -3.43. The van der Waals surface area contributed by atoms with Crippen molar-refractivity contribution in [3.05, 3.63) is 99.3 Å². The van der Waals surface area contributed by atoms with Crippen LogP contribution in [-0.4, -0.2) is 5.91 Å². The zero-order valence-electron chi connectivity index (χ0n) is 16.2. The molecule has 1 N–H and O–H groups in total. The summed E-state index contributed by atoms with van der Waals surface area (Å²) in [5.41, 5.74) is 2.93. The highest BCUT2D eigenvalue weighted by atomic mass is 79.9. The van der Waals surface area contributed by atoms with Crippen LogP contribution in [-0.2, 0) is 11.4 Å². The van der Waals surface area contributed by atoms with Crippen molar-refractivity contribution in [2.24, 2.45) is 0 Å². The first kappa shape index (κ1) is 21.3. The first-order valence-electron chi connectivity index (χ1n) is 9.11. The maximum atomic E-state index is 13.1. The Labute approximate surface area is 182 Å². The predicted molar refractivity (Wildman–Crippen MR) is 118 cm³/mol. The van der Waals surface area contributed by atoms with Gasteiger partial charge in [-0.15, -0.1) is 0 Å². The van der Waals surface area contributed by atoms with Crippen molar-refractivity contribution in [2.75, 3.05) is 5.32 Å². The lowest BCUT2D eigenvalue weighted by Gasteiger charge is -2.11. The molecule has 3 rings (SSSR count). The third-order valence-electron chi connectivity index (χ3n) is 4.22. The second-order valence-electron chi connectivity index (χ2n) is 6.59. The summed E-state index contributed by atoms with van der Waals surface area (Å²) < 4.78 is 19.7. The fraction of sp³-hybridized carbons (Fsp3) is 0.0833. The van der Waals surface area contributed by atoms with E-state index >= 15 is 0 Å². The summed E-state index contributed by atoms with van der Waals surface area (Å²) in [6.07, 6.45) is 1.48. The number of rotatable bonds is 6. The smallest absolute Gasteiger partial charge is 0.266 e. The topological polar surface area (TPSA) is 62.1 Å². The number of benzene rings is 3. The number of nitrogens with one attached hydrogen (secondary N) is 1. The molecule has 0 aromatic heterocycles. The van der Waals surface area contributed by atoms with Gasteiger partial charge >= 0.3 is 0 Å². The lowest BCUT2D eigenvalue weighted by atomic mass is 10.1. The number of hydrogen-bond acceptors (Lipinski definition) is 3. The van der Waals surface area contributed by atoms with Gasteiger partial charge < -0.3 is 10.1 Å². The van der Waals surface area contributed by atoms with Crippen molar-refractivity contribution in [1.82, 2.24) is 0 Å². The van der Waals surface area contributed by atoms with Gasteiger partial charge in [0.25, 0.3) is 5.91 Å². The Balaban J connectivity index is 1.82. The van der Waals surface area contributed by atoms with Crippen molar-refractivity contribution in [3.8, 4) is 11.8 Å². The Morgan fingerprint density at radius 1 is 1.17 bits per heavy atom. The number of nitriles is 1. The highest BCUT2D eigenvalue weighted by Gasteiger charge is 2.12. The van der Waals surface area contributed by atoms with E-state index in [4.69, 9.17) is 4.74 Å². The van der Waals surface area contributed by atoms with Gasteiger partial charge in [0.2, 0.25) is 0 Å². The van der Waals surface area contributed by atoms with E-state index in [-0.39, 0.29) is 18.0 Å². The van der Waals surface area contributed by atoms with Gasteiger partial charge in [-0.3, -0.25) is 4.79 Å². The van der Waals surface area contributed by atoms with Crippen LogP contribution in [0.5, 0.6) is 5.75 Å². The van der Waals surface area contributed by atoms with E-state index in [2.05, 4.69) is 21.2 Å². The highest BCUT2D eigenvalue weighted by molar-refractivity contribution is 9.10. The van der Waals surface area contributed by atoms with E-state index in [1.165, 1.54) is 18.2 Å². The van der Waals surface area contributed by atoms with Crippen molar-refractivity contribution in [2.45, 2.75) is 13.5 Å². The first-order chi connectivity index (χ1) is 14.4. The lowest BCUT2D eigenvalue weighted by Crippen LogP contribution is -2.13. The predicted octanol–water partition coefficient (Wildman–Crippen LogP) is 6.02. The van der Waals surface area contributed by atoms with Crippen LogP contribution in [0.2, 0.25) is 0 Å². The molecule has 0 spiro atoms. The lowest BCUT2D eigenvalue weighted by molar-refractivity contribution is -0.112. The molecule has 0 heterocycles. The quantitative estimate of drug-likeness (QED) is 0.358. The second-order valence-corrected chi connectivity index (χ2v) is 7.51. The zero-order valence-corrected chi connectivity index (χ0v) is 17.7. The van der Waals surface area contributed by atoms with Crippen LogP contribution in [0.4, 0.5) is 10.1 Å². The SMILES string of the molecule is Cc1cccc(NC(=O)/C(C#N)=C/c2cc(Br)ccc2OCc2ccc(F)cc2)c1. The van der Waals surface area contributed by atoms with Crippen LogP contribution in [0.1, 0.15) is 16.7 Å². The summed E-state index contributed by atoms with van der Waals surface area (Å²) >= 11 is 3.40. The molecule has 3 aromatic rings. The molecule has 0 saturated carbocycles. The van der Waals surface area contributed by atoms with E-state index in [9.17, 15) is 14.4 Å². The van der Waals surface area contributed by atoms with Gasteiger partial charge in [0.1, 0.15) is 29.8 Å². The molecule has 0 aliphatic rings. The molecule has 0 radical (unpaired) electrons. The molecule has 0 bridgehead atoms. The molecule has 0 aliphatic carbocycles. The Morgan fingerprint density at radius 2 is 1.93 bits per heavy atom. The van der Waals surface area contributed by atoms with Crippen LogP contribution in [0.15, 0.2) is 76.8 Å². The Morgan fingerprint density at radius 3 is 2.63 bits per heavy atom.